The first-order valence-electron chi connectivity index (χ1n) is 4.58. The van der Waals surface area contributed by atoms with Crippen molar-refractivity contribution in [2.75, 3.05) is 27.2 Å². The molecule has 0 aromatic rings. The number of hydrogen-bond donors (Lipinski definition) is 4. The van der Waals surface area contributed by atoms with Crippen LogP contribution in [0.15, 0.2) is 0 Å². The zero-order valence-corrected chi connectivity index (χ0v) is 10.2. The summed E-state index contributed by atoms with van der Waals surface area (Å²) in [4.78, 5) is 24.6. The second kappa shape index (κ2) is 7.84. The van der Waals surface area contributed by atoms with Crippen LogP contribution in [0.5, 0.6) is 0 Å². The number of hydrogen-bond acceptors (Lipinski definition) is 5. The number of nitrogens with zero attached hydrogens (tertiary/aromatic N) is 2. The number of esters is 2. The minimum atomic E-state index is -0.829. The van der Waals surface area contributed by atoms with Gasteiger partial charge >= 0.3 is 11.9 Å². The number of nitrogens with two attached hydrogens (primary N) is 2. The molecule has 0 rings (SSSR count). The first-order valence-corrected chi connectivity index (χ1v) is 4.58. The van der Waals surface area contributed by atoms with E-state index in [-0.39, 0.29) is 30.5 Å². The van der Waals surface area contributed by atoms with E-state index in [4.69, 9.17) is 22.3 Å². The van der Waals surface area contributed by atoms with Crippen molar-refractivity contribution in [1.29, 1.82) is 10.8 Å². The fourth-order valence-electron chi connectivity index (χ4n) is 0.749. The maximum atomic E-state index is 11.2. The number of guanidine groups is 2. The highest BCUT2D eigenvalue weighted by atomic mass is 16.6. The van der Waals surface area contributed by atoms with Gasteiger partial charge in [-0.3, -0.25) is 10.8 Å². The van der Waals surface area contributed by atoms with Crippen LogP contribution < -0.4 is 11.5 Å². The first-order chi connectivity index (χ1) is 7.73. The van der Waals surface area contributed by atoms with Gasteiger partial charge in [0.1, 0.15) is 13.1 Å². The molecule has 0 heterocycles. The SMILES string of the molecule is CN(CC(=O)OC(=O)CN(C)C(=N)N)C(=N)N.O. The molecule has 10 heteroatoms. The van der Waals surface area contributed by atoms with Crippen molar-refractivity contribution in [3.05, 3.63) is 0 Å². The topological polar surface area (TPSA) is 181 Å². The molecule has 8 N–H and O–H groups in total. The van der Waals surface area contributed by atoms with Crippen LogP contribution in [-0.2, 0) is 14.3 Å². The molecule has 0 aromatic heterocycles. The Hall–Kier alpha value is -2.36. The van der Waals surface area contributed by atoms with Crippen molar-refractivity contribution in [1.82, 2.24) is 9.80 Å². The summed E-state index contributed by atoms with van der Waals surface area (Å²) in [6.45, 7) is -0.601. The van der Waals surface area contributed by atoms with Crippen molar-refractivity contribution in [3.63, 3.8) is 0 Å². The molecule has 0 spiro atoms. The number of nitrogens with one attached hydrogen (secondary N) is 2. The zero-order chi connectivity index (χ0) is 13.6. The zero-order valence-electron chi connectivity index (χ0n) is 10.2. The molecular weight excluding hydrogens is 244 g/mol. The normalized spacial score (nSPS) is 8.78. The second-order valence-electron chi connectivity index (χ2n) is 3.33. The molecule has 0 aromatic carbocycles. The first kappa shape index (κ1) is 18.0. The molecule has 0 aliphatic carbocycles. The fraction of sp³-hybridized carbons (Fsp3) is 0.500. The summed E-state index contributed by atoms with van der Waals surface area (Å²) in [5.74, 6) is -2.28. The van der Waals surface area contributed by atoms with Crippen LogP contribution in [0.2, 0.25) is 0 Å². The largest absolute Gasteiger partial charge is 0.412 e. The van der Waals surface area contributed by atoms with Crippen LogP contribution >= 0.6 is 0 Å². The molecule has 0 aliphatic heterocycles. The predicted molar refractivity (Wildman–Crippen MR) is 63.8 cm³/mol. The molecule has 0 saturated carbocycles. The Balaban J connectivity index is 0. The Kier molecular flexibility index (Phi) is 7.85. The van der Waals surface area contributed by atoms with Gasteiger partial charge in [0.15, 0.2) is 11.9 Å². The molecule has 0 aliphatic rings. The van der Waals surface area contributed by atoms with Gasteiger partial charge in [-0.25, -0.2) is 9.59 Å². The molecule has 10 nitrogen and oxygen atoms in total. The van der Waals surface area contributed by atoms with E-state index in [0.717, 1.165) is 9.80 Å². The number of ether oxygens (including phenoxy) is 1. The third-order valence-electron chi connectivity index (χ3n) is 1.78. The molecule has 0 fully saturated rings. The summed E-state index contributed by atoms with van der Waals surface area (Å²) in [5, 5.41) is 14.0. The predicted octanol–water partition coefficient (Wildman–Crippen LogP) is -3.12. The summed E-state index contributed by atoms with van der Waals surface area (Å²) in [5.41, 5.74) is 10.2. The average Bonchev–Trinajstić information content (AvgIpc) is 2.16. The summed E-state index contributed by atoms with van der Waals surface area (Å²) in [6, 6.07) is 0. The lowest BCUT2D eigenvalue weighted by molar-refractivity contribution is -0.159. The minimum absolute atomic E-state index is 0. The lowest BCUT2D eigenvalue weighted by Crippen LogP contribution is -2.40. The molecule has 104 valence electrons. The highest BCUT2D eigenvalue weighted by Gasteiger charge is 2.15. The van der Waals surface area contributed by atoms with E-state index in [2.05, 4.69) is 4.74 Å². The Labute approximate surface area is 104 Å². The molecule has 0 unspecified atom stereocenters. The van der Waals surface area contributed by atoms with Crippen molar-refractivity contribution in [3.8, 4) is 0 Å². The molecule has 0 atom stereocenters. The van der Waals surface area contributed by atoms with E-state index in [9.17, 15) is 9.59 Å². The molecule has 0 bridgehead atoms. The Morgan fingerprint density at radius 1 is 1.00 bits per heavy atom. The average molecular weight is 262 g/mol. The molecule has 0 amide bonds. The van der Waals surface area contributed by atoms with Crippen molar-refractivity contribution < 1.29 is 19.8 Å². The summed E-state index contributed by atoms with van der Waals surface area (Å²) >= 11 is 0. The maximum absolute atomic E-state index is 11.2. The molecule has 0 radical (unpaired) electrons. The van der Waals surface area contributed by atoms with Crippen LogP contribution in [0.4, 0.5) is 0 Å². The van der Waals surface area contributed by atoms with Crippen LogP contribution in [0, 0.1) is 10.8 Å². The number of carbonyl (C=O) groups excluding carboxylic acids is 2. The maximum Gasteiger partial charge on any atom is 0.333 e. The summed E-state index contributed by atoms with van der Waals surface area (Å²) in [7, 11) is 2.82. The Bertz CT molecular complexity index is 312. The van der Waals surface area contributed by atoms with Crippen LogP contribution in [0.25, 0.3) is 0 Å². The number of carbonyl (C=O) groups is 2. The van der Waals surface area contributed by atoms with E-state index in [1.54, 1.807) is 0 Å². The van der Waals surface area contributed by atoms with Crippen molar-refractivity contribution >= 4 is 23.9 Å². The minimum Gasteiger partial charge on any atom is -0.412 e. The molecule has 18 heavy (non-hydrogen) atoms. The third-order valence-corrected chi connectivity index (χ3v) is 1.78. The monoisotopic (exact) mass is 262 g/mol. The van der Waals surface area contributed by atoms with Crippen LogP contribution in [0.3, 0.4) is 0 Å². The highest BCUT2D eigenvalue weighted by Crippen LogP contribution is 1.89. The van der Waals surface area contributed by atoms with Crippen molar-refractivity contribution in [2.45, 2.75) is 0 Å². The summed E-state index contributed by atoms with van der Waals surface area (Å²) < 4.78 is 4.43. The van der Waals surface area contributed by atoms with Crippen LogP contribution in [-0.4, -0.2) is 66.3 Å². The van der Waals surface area contributed by atoms with Gasteiger partial charge in [0.05, 0.1) is 0 Å². The van der Waals surface area contributed by atoms with Gasteiger partial charge in [-0.2, -0.15) is 0 Å². The summed E-state index contributed by atoms with van der Waals surface area (Å²) in [6.07, 6.45) is 0. The fourth-order valence-corrected chi connectivity index (χ4v) is 0.749. The lowest BCUT2D eigenvalue weighted by atomic mass is 10.5. The van der Waals surface area contributed by atoms with Gasteiger partial charge in [-0.15, -0.1) is 0 Å². The van der Waals surface area contributed by atoms with Gasteiger partial charge < -0.3 is 31.5 Å². The molecular formula is C8H18N6O4. The van der Waals surface area contributed by atoms with Gasteiger partial charge in [-0.1, -0.05) is 0 Å². The quantitative estimate of drug-likeness (QED) is 0.179. The standard InChI is InChI=1S/C8H16N6O3.H2O/c1-13(7(9)10)3-5(15)17-6(16)4-14(2)8(11)12;/h3-4H2,1-2H3,(H3,9,10)(H3,11,12);1H2. The van der Waals surface area contributed by atoms with Gasteiger partial charge in [-0.05, 0) is 0 Å². The second-order valence-corrected chi connectivity index (χ2v) is 3.33. The number of rotatable bonds is 4. The van der Waals surface area contributed by atoms with E-state index in [1.807, 2.05) is 0 Å². The van der Waals surface area contributed by atoms with E-state index >= 15 is 0 Å². The lowest BCUT2D eigenvalue weighted by Gasteiger charge is -2.17. The highest BCUT2D eigenvalue weighted by molar-refractivity contribution is 5.90. The van der Waals surface area contributed by atoms with E-state index in [0.29, 0.717) is 0 Å². The molecule has 0 saturated heterocycles. The third kappa shape index (κ3) is 7.00. The van der Waals surface area contributed by atoms with Gasteiger partial charge in [0.2, 0.25) is 0 Å². The smallest absolute Gasteiger partial charge is 0.333 e. The number of likely N-dealkylation sites (N-methyl/N-ethyl adjacent to an activating group) is 2. The van der Waals surface area contributed by atoms with Crippen LogP contribution in [0.1, 0.15) is 0 Å². The van der Waals surface area contributed by atoms with Gasteiger partial charge in [0.25, 0.3) is 0 Å². The Morgan fingerprint density at radius 2 is 1.28 bits per heavy atom. The van der Waals surface area contributed by atoms with E-state index < -0.39 is 11.9 Å². The van der Waals surface area contributed by atoms with Gasteiger partial charge in [0, 0.05) is 14.1 Å². The van der Waals surface area contributed by atoms with E-state index in [1.165, 1.54) is 14.1 Å². The van der Waals surface area contributed by atoms with Crippen molar-refractivity contribution in [2.24, 2.45) is 11.5 Å². The Morgan fingerprint density at radius 3 is 1.50 bits per heavy atom.